The van der Waals surface area contributed by atoms with E-state index in [1.165, 1.54) is 24.8 Å². The van der Waals surface area contributed by atoms with Gasteiger partial charge in [-0.15, -0.1) is 0 Å². The third-order valence-corrected chi connectivity index (χ3v) is 8.66. The number of carbonyl (C=O) groups excluding carboxylic acids is 1. The first-order valence-corrected chi connectivity index (χ1v) is 9.88. The number of carbonyl (C=O) groups is 1. The molecule has 0 aromatic rings. The largest absolute Gasteiger partial charge is 0.366 e. The van der Waals surface area contributed by atoms with E-state index in [2.05, 4.69) is 31.2 Å². The van der Waals surface area contributed by atoms with Crippen LogP contribution in [-0.4, -0.2) is 18.0 Å². The van der Waals surface area contributed by atoms with E-state index in [0.717, 1.165) is 43.1 Å². The van der Waals surface area contributed by atoms with Crippen molar-refractivity contribution >= 4 is 5.78 Å². The minimum Gasteiger partial charge on any atom is -0.366 e. The summed E-state index contributed by atoms with van der Waals surface area (Å²) in [5.41, 5.74) is 1.68. The van der Waals surface area contributed by atoms with Crippen LogP contribution in [0, 0.1) is 40.9 Å². The van der Waals surface area contributed by atoms with Crippen molar-refractivity contribution in [3.05, 3.63) is 36.0 Å². The van der Waals surface area contributed by atoms with Crippen molar-refractivity contribution in [3.63, 3.8) is 0 Å². The van der Waals surface area contributed by atoms with Crippen LogP contribution in [0.5, 0.6) is 0 Å². The highest BCUT2D eigenvalue weighted by atomic mass is 16.5. The first kappa shape index (κ1) is 14.1. The fraction of sp³-hybridized carbons (Fsp3) is 0.682. The number of allylic oxidation sites excluding steroid dienone is 4. The lowest BCUT2D eigenvalue weighted by Gasteiger charge is -2.55. The van der Waals surface area contributed by atoms with Crippen molar-refractivity contribution in [1.29, 1.82) is 0 Å². The number of hydrogen-bond acceptors (Lipinski definition) is 2. The highest BCUT2D eigenvalue weighted by molar-refractivity contribution is 5.91. The molecular formula is C22H26O2. The average molecular weight is 322 g/mol. The zero-order valence-electron chi connectivity index (χ0n) is 14.4. The van der Waals surface area contributed by atoms with Crippen molar-refractivity contribution in [2.45, 2.75) is 44.6 Å². The predicted molar refractivity (Wildman–Crippen MR) is 92.2 cm³/mol. The van der Waals surface area contributed by atoms with Crippen molar-refractivity contribution in [1.82, 2.24) is 0 Å². The molecule has 3 fully saturated rings. The molecule has 24 heavy (non-hydrogen) atoms. The van der Waals surface area contributed by atoms with Crippen LogP contribution in [0.25, 0.3) is 0 Å². The first-order chi connectivity index (χ1) is 11.6. The normalized spacial score (nSPS) is 56.5. The summed E-state index contributed by atoms with van der Waals surface area (Å²) < 4.78 is 6.44. The number of rotatable bonds is 0. The van der Waals surface area contributed by atoms with E-state index in [-0.39, 0.29) is 5.60 Å². The Bertz CT molecular complexity index is 715. The van der Waals surface area contributed by atoms with Gasteiger partial charge in [-0.05, 0) is 72.8 Å². The minimum atomic E-state index is 0.0415. The highest BCUT2D eigenvalue weighted by Gasteiger charge is 2.76. The maximum atomic E-state index is 11.8. The van der Waals surface area contributed by atoms with Gasteiger partial charge in [0.2, 0.25) is 0 Å². The lowest BCUT2D eigenvalue weighted by atomic mass is 9.50. The number of ether oxygens (including phenoxy) is 1. The molecule has 0 bridgehead atoms. The van der Waals surface area contributed by atoms with Crippen molar-refractivity contribution < 1.29 is 9.53 Å². The Hall–Kier alpha value is -1.15. The van der Waals surface area contributed by atoms with Gasteiger partial charge >= 0.3 is 0 Å². The molecule has 1 spiro atoms. The van der Waals surface area contributed by atoms with E-state index in [1.807, 2.05) is 6.08 Å². The zero-order chi connectivity index (χ0) is 16.1. The standard InChI is InChI=1S/C22H26O2/c1-21-9-7-16-15-6-4-14(23)11-13(15)3-5-17(16)20(21)18-12-19(18)22(21)8-2-10-24-22/h2-3,5,8,11,15-20H,4,6-7,9-10,12H2,1H3/t15-,16?,17?,18?,19-,20?,21-,22-/m0/s1. The van der Waals surface area contributed by atoms with Crippen molar-refractivity contribution in [3.8, 4) is 0 Å². The fourth-order valence-corrected chi connectivity index (χ4v) is 7.72. The molecule has 2 nitrogen and oxygen atoms in total. The van der Waals surface area contributed by atoms with E-state index in [0.29, 0.717) is 23.0 Å². The quantitative estimate of drug-likeness (QED) is 0.628. The molecule has 5 aliphatic carbocycles. The van der Waals surface area contributed by atoms with Gasteiger partial charge in [-0.25, -0.2) is 0 Å². The number of ketones is 1. The molecule has 1 aliphatic heterocycles. The molecule has 0 radical (unpaired) electrons. The summed E-state index contributed by atoms with van der Waals surface area (Å²) in [4.78, 5) is 11.8. The maximum absolute atomic E-state index is 11.8. The highest BCUT2D eigenvalue weighted by Crippen LogP contribution is 2.77. The minimum absolute atomic E-state index is 0.0415. The number of hydrogen-bond donors (Lipinski definition) is 0. The zero-order valence-corrected chi connectivity index (χ0v) is 14.4. The summed E-state index contributed by atoms with van der Waals surface area (Å²) in [6.45, 7) is 3.34. The smallest absolute Gasteiger partial charge is 0.155 e. The fourth-order valence-electron chi connectivity index (χ4n) is 7.72. The molecule has 6 aliphatic rings. The second-order valence-corrected chi connectivity index (χ2v) is 9.35. The van der Waals surface area contributed by atoms with E-state index >= 15 is 0 Å². The van der Waals surface area contributed by atoms with Gasteiger partial charge in [0.1, 0.15) is 0 Å². The second-order valence-electron chi connectivity index (χ2n) is 9.35. The van der Waals surface area contributed by atoms with Crippen molar-refractivity contribution in [2.24, 2.45) is 40.9 Å². The van der Waals surface area contributed by atoms with Gasteiger partial charge in [0, 0.05) is 11.8 Å². The van der Waals surface area contributed by atoms with Gasteiger partial charge < -0.3 is 4.74 Å². The average Bonchev–Trinajstić information content (AvgIpc) is 3.13. The van der Waals surface area contributed by atoms with E-state index in [9.17, 15) is 4.79 Å². The van der Waals surface area contributed by atoms with Crippen LogP contribution in [0.3, 0.4) is 0 Å². The van der Waals surface area contributed by atoms with Gasteiger partial charge in [-0.2, -0.15) is 0 Å². The molecule has 0 N–H and O–H groups in total. The summed E-state index contributed by atoms with van der Waals surface area (Å²) in [6.07, 6.45) is 17.2. The second kappa shape index (κ2) is 4.33. The number of fused-ring (bicyclic) bond motifs is 9. The van der Waals surface area contributed by atoms with Crippen LogP contribution in [-0.2, 0) is 9.53 Å². The molecule has 0 amide bonds. The first-order valence-electron chi connectivity index (χ1n) is 9.88. The van der Waals surface area contributed by atoms with Crippen LogP contribution < -0.4 is 0 Å². The molecular weight excluding hydrogens is 296 g/mol. The molecule has 0 aromatic heterocycles. The Morgan fingerprint density at radius 2 is 2.17 bits per heavy atom. The summed E-state index contributed by atoms with van der Waals surface area (Å²) >= 11 is 0. The van der Waals surface area contributed by atoms with Gasteiger partial charge in [0.15, 0.2) is 5.78 Å². The van der Waals surface area contributed by atoms with Gasteiger partial charge in [-0.3, -0.25) is 4.79 Å². The maximum Gasteiger partial charge on any atom is 0.155 e. The van der Waals surface area contributed by atoms with Crippen LogP contribution >= 0.6 is 0 Å². The summed E-state index contributed by atoms with van der Waals surface area (Å²) in [6, 6.07) is 0. The van der Waals surface area contributed by atoms with Crippen LogP contribution in [0.2, 0.25) is 0 Å². The van der Waals surface area contributed by atoms with Gasteiger partial charge in [-0.1, -0.05) is 31.2 Å². The van der Waals surface area contributed by atoms with Gasteiger partial charge in [0.25, 0.3) is 0 Å². The summed E-state index contributed by atoms with van der Waals surface area (Å²) in [5, 5.41) is 0. The molecule has 3 saturated carbocycles. The molecule has 6 rings (SSSR count). The Labute approximate surface area is 144 Å². The van der Waals surface area contributed by atoms with Crippen LogP contribution in [0.4, 0.5) is 0 Å². The van der Waals surface area contributed by atoms with E-state index in [4.69, 9.17) is 4.74 Å². The molecule has 0 saturated heterocycles. The third kappa shape index (κ3) is 1.47. The molecule has 8 atom stereocenters. The topological polar surface area (TPSA) is 26.3 Å². The SMILES string of the molecule is C[C@]12CCC3C(C=CC4=CC(=O)CC[C@@H]43)C1C1C[C@@H]1[C@@]21C=CCO1. The van der Waals surface area contributed by atoms with Crippen molar-refractivity contribution in [2.75, 3.05) is 6.61 Å². The van der Waals surface area contributed by atoms with E-state index < -0.39 is 0 Å². The summed E-state index contributed by atoms with van der Waals surface area (Å²) in [7, 11) is 0. The Kier molecular flexibility index (Phi) is 2.54. The summed E-state index contributed by atoms with van der Waals surface area (Å²) in [5.74, 6) is 4.83. The Morgan fingerprint density at radius 1 is 1.25 bits per heavy atom. The third-order valence-electron chi connectivity index (χ3n) is 8.66. The van der Waals surface area contributed by atoms with E-state index in [1.54, 1.807) is 0 Å². The van der Waals surface area contributed by atoms with Gasteiger partial charge in [0.05, 0.1) is 12.2 Å². The Balaban J connectivity index is 1.43. The molecule has 4 unspecified atom stereocenters. The van der Waals surface area contributed by atoms with Crippen LogP contribution in [0.15, 0.2) is 36.0 Å². The lowest BCUT2D eigenvalue weighted by molar-refractivity contribution is -0.122. The molecule has 2 heteroatoms. The monoisotopic (exact) mass is 322 g/mol. The Morgan fingerprint density at radius 3 is 3.00 bits per heavy atom. The molecule has 126 valence electrons. The molecule has 1 heterocycles. The molecule has 0 aromatic carbocycles. The van der Waals surface area contributed by atoms with Crippen LogP contribution in [0.1, 0.15) is 39.0 Å². The predicted octanol–water partition coefficient (Wildman–Crippen LogP) is 4.09. The lowest BCUT2D eigenvalue weighted by Crippen LogP contribution is -2.54.